The maximum atomic E-state index is 13.5. The van der Waals surface area contributed by atoms with E-state index in [1.54, 1.807) is 13.0 Å². The second-order valence-corrected chi connectivity index (χ2v) is 11.7. The molecule has 13 nitrogen and oxygen atoms in total. The van der Waals surface area contributed by atoms with E-state index in [2.05, 4.69) is 5.16 Å². The fraction of sp³-hybridized carbons (Fsp3) is 0.391. The van der Waals surface area contributed by atoms with Gasteiger partial charge in [0.05, 0.1) is 13.7 Å². The highest BCUT2D eigenvalue weighted by Gasteiger charge is 2.42. The SMILES string of the molecule is COC(=O)C1CCCN1S(=O)(=O)c1ccccc1S(=O)(=O)Oc1cc(C)cc(OCCCON=C(N)N)c1.Cl. The molecule has 1 saturated heterocycles. The monoisotopic (exact) mass is 606 g/mol. The molecule has 1 aliphatic rings. The molecule has 1 fully saturated rings. The summed E-state index contributed by atoms with van der Waals surface area (Å²) in [4.78, 5) is 16.0. The van der Waals surface area contributed by atoms with Crippen molar-refractivity contribution in [3.8, 4) is 11.5 Å². The van der Waals surface area contributed by atoms with Gasteiger partial charge in [0.15, 0.2) is 0 Å². The molecular formula is C23H31ClN4O9S2. The van der Waals surface area contributed by atoms with E-state index < -0.39 is 41.9 Å². The van der Waals surface area contributed by atoms with E-state index in [0.29, 0.717) is 24.2 Å². The van der Waals surface area contributed by atoms with Gasteiger partial charge >= 0.3 is 16.1 Å². The number of hydrogen-bond donors (Lipinski definition) is 2. The minimum atomic E-state index is -4.61. The number of aryl methyl sites for hydroxylation is 1. The van der Waals surface area contributed by atoms with Crippen molar-refractivity contribution >= 4 is 44.5 Å². The van der Waals surface area contributed by atoms with Crippen LogP contribution in [0.25, 0.3) is 0 Å². The maximum Gasteiger partial charge on any atom is 0.340 e. The fourth-order valence-corrected chi connectivity index (χ4v) is 7.19. The van der Waals surface area contributed by atoms with Gasteiger partial charge in [0.25, 0.3) is 0 Å². The summed E-state index contributed by atoms with van der Waals surface area (Å²) >= 11 is 0. The summed E-state index contributed by atoms with van der Waals surface area (Å²) in [5.41, 5.74) is 11.0. The summed E-state index contributed by atoms with van der Waals surface area (Å²) in [7, 11) is -7.82. The third-order valence-electron chi connectivity index (χ3n) is 5.43. The maximum absolute atomic E-state index is 13.5. The molecule has 0 aromatic heterocycles. The predicted octanol–water partition coefficient (Wildman–Crippen LogP) is 1.48. The number of oxime groups is 1. The van der Waals surface area contributed by atoms with Crippen LogP contribution >= 0.6 is 12.4 Å². The predicted molar refractivity (Wildman–Crippen MR) is 143 cm³/mol. The molecule has 0 bridgehead atoms. The molecule has 1 atom stereocenters. The average molecular weight is 607 g/mol. The molecule has 2 aromatic rings. The molecule has 16 heteroatoms. The van der Waals surface area contributed by atoms with Crippen LogP contribution in [0.3, 0.4) is 0 Å². The van der Waals surface area contributed by atoms with Crippen LogP contribution in [0.5, 0.6) is 11.5 Å². The standard InChI is InChI=1S/C23H30N4O9S2.ClH/c1-16-13-17(34-11-6-12-35-26-23(24)25)15-18(14-16)36-38(31,32)21-9-4-3-8-20(21)37(29,30)27-10-5-7-19(27)22(28)33-2;/h3-4,8-9,13-15,19H,5-7,10-12H2,1-2H3,(H4,24,25,26);1H. The molecule has 216 valence electrons. The lowest BCUT2D eigenvalue weighted by molar-refractivity contribution is -0.144. The van der Waals surface area contributed by atoms with Gasteiger partial charge in [-0.1, -0.05) is 12.1 Å². The molecule has 0 radical (unpaired) electrons. The number of nitrogens with two attached hydrogens (primary N) is 2. The summed E-state index contributed by atoms with van der Waals surface area (Å²) in [6.45, 7) is 2.17. The van der Waals surface area contributed by atoms with Gasteiger partial charge in [0.1, 0.15) is 33.9 Å². The molecule has 2 aromatic carbocycles. The molecule has 1 heterocycles. The van der Waals surface area contributed by atoms with E-state index in [9.17, 15) is 21.6 Å². The van der Waals surface area contributed by atoms with E-state index in [-0.39, 0.29) is 50.3 Å². The molecule has 0 aliphatic carbocycles. The van der Waals surface area contributed by atoms with E-state index in [1.165, 1.54) is 24.3 Å². The quantitative estimate of drug-likeness (QED) is 0.0888. The van der Waals surface area contributed by atoms with Gasteiger partial charge in [-0.25, -0.2) is 8.42 Å². The number of methoxy groups -OCH3 is 1. The number of guanidine groups is 1. The van der Waals surface area contributed by atoms with E-state index in [1.807, 2.05) is 0 Å². The summed E-state index contributed by atoms with van der Waals surface area (Å²) < 4.78 is 70.1. The Kier molecular flexibility index (Phi) is 11.2. The Morgan fingerprint density at radius 3 is 2.38 bits per heavy atom. The number of hydrogen-bond acceptors (Lipinski definition) is 10. The van der Waals surface area contributed by atoms with E-state index in [4.69, 9.17) is 30.0 Å². The van der Waals surface area contributed by atoms with E-state index >= 15 is 0 Å². The molecule has 3 rings (SSSR count). The number of halogens is 1. The van der Waals surface area contributed by atoms with Gasteiger partial charge in [-0.05, 0) is 54.8 Å². The third-order valence-corrected chi connectivity index (χ3v) is 8.83. The van der Waals surface area contributed by atoms with Crippen LogP contribution in [0.1, 0.15) is 24.8 Å². The van der Waals surface area contributed by atoms with Gasteiger partial charge in [-0.3, -0.25) is 4.79 Å². The molecule has 0 spiro atoms. The lowest BCUT2D eigenvalue weighted by atomic mass is 10.2. The first-order valence-electron chi connectivity index (χ1n) is 11.5. The van der Waals surface area contributed by atoms with Crippen molar-refractivity contribution < 1.29 is 40.1 Å². The number of esters is 1. The zero-order valence-electron chi connectivity index (χ0n) is 21.3. The largest absolute Gasteiger partial charge is 0.493 e. The molecule has 1 unspecified atom stereocenters. The third kappa shape index (κ3) is 8.11. The first-order chi connectivity index (χ1) is 18.0. The fourth-order valence-electron chi connectivity index (χ4n) is 3.85. The zero-order valence-corrected chi connectivity index (χ0v) is 23.8. The van der Waals surface area contributed by atoms with Crippen molar-refractivity contribution in [2.75, 3.05) is 26.9 Å². The Bertz CT molecular complexity index is 1400. The lowest BCUT2D eigenvalue weighted by Gasteiger charge is -2.23. The Morgan fingerprint density at radius 1 is 1.05 bits per heavy atom. The van der Waals surface area contributed by atoms with Crippen molar-refractivity contribution in [3.05, 3.63) is 48.0 Å². The minimum Gasteiger partial charge on any atom is -0.493 e. The average Bonchev–Trinajstić information content (AvgIpc) is 3.36. The van der Waals surface area contributed by atoms with Crippen LogP contribution in [-0.2, 0) is 34.5 Å². The lowest BCUT2D eigenvalue weighted by Crippen LogP contribution is -2.41. The van der Waals surface area contributed by atoms with Crippen LogP contribution in [0.4, 0.5) is 0 Å². The van der Waals surface area contributed by atoms with Crippen molar-refractivity contribution in [2.24, 2.45) is 16.6 Å². The van der Waals surface area contributed by atoms with Gasteiger partial charge in [0, 0.05) is 19.0 Å². The molecule has 1 aliphatic heterocycles. The Hall–Kier alpha value is -3.27. The summed E-state index contributed by atoms with van der Waals surface area (Å²) in [6.07, 6.45) is 1.13. The highest BCUT2D eigenvalue weighted by atomic mass is 35.5. The van der Waals surface area contributed by atoms with Crippen LogP contribution in [-0.4, -0.2) is 66.0 Å². The smallest absolute Gasteiger partial charge is 0.340 e. The number of benzene rings is 2. The van der Waals surface area contributed by atoms with Gasteiger partial charge in [0.2, 0.25) is 16.0 Å². The molecular weight excluding hydrogens is 576 g/mol. The summed E-state index contributed by atoms with van der Waals surface area (Å²) in [5, 5.41) is 3.39. The van der Waals surface area contributed by atoms with Crippen molar-refractivity contribution in [1.29, 1.82) is 0 Å². The first-order valence-corrected chi connectivity index (χ1v) is 14.4. The number of carbonyl (C=O) groups is 1. The molecule has 0 saturated carbocycles. The number of nitrogens with zero attached hydrogens (tertiary/aromatic N) is 2. The Balaban J connectivity index is 0.00000533. The molecule has 39 heavy (non-hydrogen) atoms. The van der Waals surface area contributed by atoms with Gasteiger partial charge < -0.3 is 30.0 Å². The van der Waals surface area contributed by atoms with Gasteiger partial charge in [-0.15, -0.1) is 12.4 Å². The normalized spacial score (nSPS) is 15.6. The topological polar surface area (TPSA) is 190 Å². The highest BCUT2D eigenvalue weighted by molar-refractivity contribution is 7.91. The second-order valence-electron chi connectivity index (χ2n) is 8.31. The van der Waals surface area contributed by atoms with Crippen LogP contribution in [0, 0.1) is 6.92 Å². The Labute approximate surface area is 233 Å². The summed E-state index contributed by atoms with van der Waals surface area (Å²) in [6, 6.07) is 8.54. The molecule has 4 N–H and O–H groups in total. The Morgan fingerprint density at radius 2 is 1.72 bits per heavy atom. The second kappa shape index (κ2) is 13.7. The minimum absolute atomic E-state index is 0. The molecule has 0 amide bonds. The summed E-state index contributed by atoms with van der Waals surface area (Å²) in [5.74, 6) is -0.656. The van der Waals surface area contributed by atoms with Crippen molar-refractivity contribution in [1.82, 2.24) is 4.31 Å². The van der Waals surface area contributed by atoms with Gasteiger partial charge in [-0.2, -0.15) is 12.7 Å². The van der Waals surface area contributed by atoms with E-state index in [0.717, 1.165) is 23.5 Å². The first kappa shape index (κ1) is 31.9. The number of carbonyl (C=O) groups excluding carboxylic acids is 1. The number of sulfonamides is 1. The number of rotatable bonds is 12. The highest BCUT2D eigenvalue weighted by Crippen LogP contribution is 2.32. The van der Waals surface area contributed by atoms with Crippen LogP contribution in [0.2, 0.25) is 0 Å². The van der Waals surface area contributed by atoms with Crippen molar-refractivity contribution in [3.63, 3.8) is 0 Å². The van der Waals surface area contributed by atoms with Crippen LogP contribution in [0.15, 0.2) is 57.4 Å². The zero-order chi connectivity index (χ0) is 27.9. The van der Waals surface area contributed by atoms with Crippen LogP contribution < -0.4 is 20.4 Å². The van der Waals surface area contributed by atoms with Crippen molar-refractivity contribution in [2.45, 2.75) is 42.0 Å². The number of ether oxygens (including phenoxy) is 2.